The fraction of sp³-hybridized carbons (Fsp3) is 0.120. The maximum Gasteiger partial charge on any atom is 0.244 e. The molecule has 4 aromatic rings. The Morgan fingerprint density at radius 2 is 1.83 bits per heavy atom. The lowest BCUT2D eigenvalue weighted by Crippen LogP contribution is -2.20. The van der Waals surface area contributed by atoms with Gasteiger partial charge in [0.15, 0.2) is 0 Å². The second-order valence-electron chi connectivity index (χ2n) is 7.01. The molecule has 0 aliphatic carbocycles. The van der Waals surface area contributed by atoms with Gasteiger partial charge in [-0.25, -0.2) is 4.98 Å². The fourth-order valence-electron chi connectivity index (χ4n) is 3.26. The Labute approximate surface area is 175 Å². The molecule has 0 unspecified atom stereocenters. The van der Waals surface area contributed by atoms with Crippen LogP contribution in [0.2, 0.25) is 0 Å². The van der Waals surface area contributed by atoms with E-state index in [1.165, 1.54) is 11.6 Å². The number of fused-ring (bicyclic) bond motifs is 1. The third-order valence-corrected chi connectivity index (χ3v) is 4.89. The standard InChI is InChI=1S/C25H23N3O2/c1-30-22-6-4-5-19(15-22)13-14-25(29)26-16-20-9-11-21(12-10-20)17-28-18-27-23-7-2-3-8-24(23)28/h2-15,18H,16-17H2,1H3,(H,26,29)/b14-13+. The number of nitrogens with zero attached hydrogens (tertiary/aromatic N) is 2. The predicted octanol–water partition coefficient (Wildman–Crippen LogP) is 4.42. The number of hydrogen-bond donors (Lipinski definition) is 1. The maximum atomic E-state index is 12.1. The first-order valence-electron chi connectivity index (χ1n) is 9.79. The maximum absolute atomic E-state index is 12.1. The lowest BCUT2D eigenvalue weighted by atomic mass is 10.1. The number of para-hydroxylation sites is 2. The summed E-state index contributed by atoms with van der Waals surface area (Å²) in [4.78, 5) is 16.5. The van der Waals surface area contributed by atoms with Gasteiger partial charge in [0, 0.05) is 19.2 Å². The van der Waals surface area contributed by atoms with E-state index in [1.54, 1.807) is 13.2 Å². The molecule has 0 spiro atoms. The van der Waals surface area contributed by atoms with Crippen molar-refractivity contribution in [2.45, 2.75) is 13.1 Å². The molecule has 30 heavy (non-hydrogen) atoms. The van der Waals surface area contributed by atoms with E-state index in [1.807, 2.05) is 60.9 Å². The van der Waals surface area contributed by atoms with Gasteiger partial charge in [-0.3, -0.25) is 4.79 Å². The minimum Gasteiger partial charge on any atom is -0.497 e. The van der Waals surface area contributed by atoms with E-state index in [9.17, 15) is 4.79 Å². The van der Waals surface area contributed by atoms with Gasteiger partial charge in [0.1, 0.15) is 5.75 Å². The van der Waals surface area contributed by atoms with Crippen molar-refractivity contribution < 1.29 is 9.53 Å². The fourth-order valence-corrected chi connectivity index (χ4v) is 3.26. The SMILES string of the molecule is COc1cccc(/C=C/C(=O)NCc2ccc(Cn3cnc4ccccc43)cc2)c1. The summed E-state index contributed by atoms with van der Waals surface area (Å²) < 4.78 is 7.33. The van der Waals surface area contributed by atoms with Crippen molar-refractivity contribution in [2.24, 2.45) is 0 Å². The van der Waals surface area contributed by atoms with E-state index in [0.29, 0.717) is 6.54 Å². The molecule has 1 heterocycles. The number of rotatable bonds is 7. The Bertz CT molecular complexity index is 1180. The molecule has 0 bridgehead atoms. The van der Waals surface area contributed by atoms with Crippen LogP contribution in [0.25, 0.3) is 17.1 Å². The molecule has 1 aromatic heterocycles. The molecule has 0 aliphatic rings. The first-order valence-corrected chi connectivity index (χ1v) is 9.79. The van der Waals surface area contributed by atoms with Crippen LogP contribution < -0.4 is 10.1 Å². The molecule has 0 fully saturated rings. The molecule has 0 atom stereocenters. The van der Waals surface area contributed by atoms with Crippen LogP contribution in [-0.4, -0.2) is 22.6 Å². The number of carbonyl (C=O) groups excluding carboxylic acids is 1. The smallest absolute Gasteiger partial charge is 0.244 e. The molecule has 0 saturated heterocycles. The van der Waals surface area contributed by atoms with Crippen molar-refractivity contribution in [1.82, 2.24) is 14.9 Å². The highest BCUT2D eigenvalue weighted by Crippen LogP contribution is 2.15. The molecule has 4 rings (SSSR count). The van der Waals surface area contributed by atoms with Gasteiger partial charge >= 0.3 is 0 Å². The number of carbonyl (C=O) groups is 1. The molecule has 0 saturated carbocycles. The van der Waals surface area contributed by atoms with Crippen LogP contribution in [0.5, 0.6) is 5.75 Å². The van der Waals surface area contributed by atoms with E-state index >= 15 is 0 Å². The second-order valence-corrected chi connectivity index (χ2v) is 7.01. The summed E-state index contributed by atoms with van der Waals surface area (Å²) in [7, 11) is 1.62. The third kappa shape index (κ3) is 4.75. The van der Waals surface area contributed by atoms with Crippen LogP contribution in [0.15, 0.2) is 85.2 Å². The molecule has 5 heteroatoms. The van der Waals surface area contributed by atoms with Gasteiger partial charge in [-0.05, 0) is 47.0 Å². The van der Waals surface area contributed by atoms with Crippen molar-refractivity contribution in [3.63, 3.8) is 0 Å². The number of imidazole rings is 1. The Hall–Kier alpha value is -3.86. The predicted molar refractivity (Wildman–Crippen MR) is 119 cm³/mol. The van der Waals surface area contributed by atoms with Gasteiger partial charge < -0.3 is 14.6 Å². The summed E-state index contributed by atoms with van der Waals surface area (Å²) in [6, 6.07) is 23.9. The van der Waals surface area contributed by atoms with Gasteiger partial charge in [0.2, 0.25) is 5.91 Å². The molecular weight excluding hydrogens is 374 g/mol. The minimum atomic E-state index is -0.133. The number of hydrogen-bond acceptors (Lipinski definition) is 3. The average molecular weight is 397 g/mol. The van der Waals surface area contributed by atoms with E-state index in [0.717, 1.165) is 34.5 Å². The zero-order valence-corrected chi connectivity index (χ0v) is 16.8. The van der Waals surface area contributed by atoms with E-state index in [-0.39, 0.29) is 5.91 Å². The molecule has 0 aliphatic heterocycles. The van der Waals surface area contributed by atoms with Crippen molar-refractivity contribution in [1.29, 1.82) is 0 Å². The third-order valence-electron chi connectivity index (χ3n) is 4.89. The lowest BCUT2D eigenvalue weighted by Gasteiger charge is -2.07. The van der Waals surface area contributed by atoms with Crippen LogP contribution in [0.3, 0.4) is 0 Å². The van der Waals surface area contributed by atoms with Gasteiger partial charge in [-0.2, -0.15) is 0 Å². The highest BCUT2D eigenvalue weighted by molar-refractivity contribution is 5.91. The normalized spacial score (nSPS) is 11.1. The number of ether oxygens (including phenoxy) is 1. The highest BCUT2D eigenvalue weighted by atomic mass is 16.5. The van der Waals surface area contributed by atoms with E-state index in [4.69, 9.17) is 4.74 Å². The van der Waals surface area contributed by atoms with Gasteiger partial charge in [0.25, 0.3) is 0 Å². The van der Waals surface area contributed by atoms with Gasteiger partial charge in [0.05, 0.1) is 24.5 Å². The van der Waals surface area contributed by atoms with Crippen LogP contribution in [0, 0.1) is 0 Å². The van der Waals surface area contributed by atoms with Crippen LogP contribution in [0.1, 0.15) is 16.7 Å². The quantitative estimate of drug-likeness (QED) is 0.470. The molecular formula is C25H23N3O2. The Morgan fingerprint density at radius 1 is 1.03 bits per heavy atom. The number of nitrogens with one attached hydrogen (secondary N) is 1. The first kappa shape index (κ1) is 19.5. The molecule has 3 aromatic carbocycles. The summed E-state index contributed by atoms with van der Waals surface area (Å²) in [5, 5.41) is 2.91. The summed E-state index contributed by atoms with van der Waals surface area (Å²) in [6.45, 7) is 1.24. The van der Waals surface area contributed by atoms with Gasteiger partial charge in [-0.15, -0.1) is 0 Å². The molecule has 1 N–H and O–H groups in total. The van der Waals surface area contributed by atoms with Gasteiger partial charge in [-0.1, -0.05) is 48.5 Å². The van der Waals surface area contributed by atoms with Crippen LogP contribution in [-0.2, 0) is 17.9 Å². The largest absolute Gasteiger partial charge is 0.497 e. The summed E-state index contributed by atoms with van der Waals surface area (Å²) >= 11 is 0. The summed E-state index contributed by atoms with van der Waals surface area (Å²) in [5.74, 6) is 0.633. The number of amides is 1. The van der Waals surface area contributed by atoms with E-state index in [2.05, 4.69) is 33.1 Å². The Kier molecular flexibility index (Phi) is 5.90. The van der Waals surface area contributed by atoms with Crippen molar-refractivity contribution in [3.8, 4) is 5.75 Å². The Balaban J connectivity index is 1.32. The van der Waals surface area contributed by atoms with Crippen molar-refractivity contribution in [2.75, 3.05) is 7.11 Å². The summed E-state index contributed by atoms with van der Waals surface area (Å²) in [5.41, 5.74) is 5.28. The number of benzene rings is 3. The molecule has 150 valence electrons. The average Bonchev–Trinajstić information content (AvgIpc) is 3.20. The molecule has 1 amide bonds. The van der Waals surface area contributed by atoms with Crippen LogP contribution in [0.4, 0.5) is 0 Å². The topological polar surface area (TPSA) is 56.1 Å². The zero-order valence-electron chi connectivity index (χ0n) is 16.8. The number of aromatic nitrogens is 2. The molecule has 0 radical (unpaired) electrons. The lowest BCUT2D eigenvalue weighted by molar-refractivity contribution is -0.116. The van der Waals surface area contributed by atoms with Crippen molar-refractivity contribution >= 4 is 23.0 Å². The Morgan fingerprint density at radius 3 is 2.67 bits per heavy atom. The highest BCUT2D eigenvalue weighted by Gasteiger charge is 2.03. The van der Waals surface area contributed by atoms with Crippen LogP contribution >= 0.6 is 0 Å². The zero-order chi connectivity index (χ0) is 20.8. The first-order chi connectivity index (χ1) is 14.7. The second kappa shape index (κ2) is 9.09. The summed E-state index contributed by atoms with van der Waals surface area (Å²) in [6.07, 6.45) is 5.18. The van der Waals surface area contributed by atoms with E-state index < -0.39 is 0 Å². The monoisotopic (exact) mass is 397 g/mol. The van der Waals surface area contributed by atoms with Crippen molar-refractivity contribution in [3.05, 3.63) is 102 Å². The minimum absolute atomic E-state index is 0.133. The number of methoxy groups -OCH3 is 1. The molecule has 5 nitrogen and oxygen atoms in total.